The number of ketones is 2. The molecule has 0 unspecified atom stereocenters. The number of hydrogen-bond donors (Lipinski definition) is 0. The molecule has 4 heteroatoms. The monoisotopic (exact) mass is 396 g/mol. The van der Waals surface area contributed by atoms with Crippen molar-refractivity contribution in [3.8, 4) is 0 Å². The van der Waals surface area contributed by atoms with Crippen molar-refractivity contribution in [1.82, 2.24) is 0 Å². The molecule has 7 atom stereocenters. The van der Waals surface area contributed by atoms with E-state index in [0.29, 0.717) is 11.8 Å². The number of Topliss-reactive ketones (excluding diaryl/α,β-unsaturated/α-hetero) is 1. The number of carbonyl (C=O) groups is 3. The Morgan fingerprint density at radius 1 is 1.17 bits per heavy atom. The van der Waals surface area contributed by atoms with Gasteiger partial charge in [0.05, 0.1) is 0 Å². The van der Waals surface area contributed by atoms with Crippen molar-refractivity contribution in [2.75, 3.05) is 0 Å². The molecule has 0 amide bonds. The summed E-state index contributed by atoms with van der Waals surface area (Å²) in [6, 6.07) is 0. The molecule has 0 aliphatic heterocycles. The van der Waals surface area contributed by atoms with Crippen LogP contribution in [0.1, 0.15) is 60.8 Å². The van der Waals surface area contributed by atoms with Gasteiger partial charge in [0.1, 0.15) is 0 Å². The van der Waals surface area contributed by atoms with Gasteiger partial charge in [-0.2, -0.15) is 0 Å². The number of allylic oxidation sites excluding steroid dienone is 6. The Balaban J connectivity index is 1.84. The fraction of sp³-hybridized carbons (Fsp3) is 0.640. The molecule has 0 spiro atoms. The molecule has 4 rings (SSSR count). The van der Waals surface area contributed by atoms with Crippen LogP contribution in [0.25, 0.3) is 0 Å². The Bertz CT molecular complexity index is 892. The van der Waals surface area contributed by atoms with Gasteiger partial charge in [0, 0.05) is 23.7 Å². The standard InChI is InChI=1S/C25H32O4/c1-14-11-19-20(23(5)9-7-18(28)13-21(14)23)8-10-24(6)22(19)12-15(2)25(24,16(3)26)29-17(4)27/h7,9,11,13,15,19-20,22H,8,10,12H2,1-6H3/t15-,19-,20+,22+,23-,24+,25+/m1/s1. The number of esters is 1. The molecular formula is C25H32O4. The Kier molecular flexibility index (Phi) is 4.39. The normalized spacial score (nSPS) is 45.5. The molecule has 0 N–H and O–H groups in total. The van der Waals surface area contributed by atoms with E-state index in [4.69, 9.17) is 4.74 Å². The third-order valence-corrected chi connectivity index (χ3v) is 8.80. The highest BCUT2D eigenvalue weighted by Crippen LogP contribution is 2.68. The summed E-state index contributed by atoms with van der Waals surface area (Å²) in [5.41, 5.74) is 0.708. The second-order valence-corrected chi connectivity index (χ2v) is 10.2. The first kappa shape index (κ1) is 20.3. The SMILES string of the molecule is CC(=O)O[C@]1(C(C)=O)[C@H](C)C[C@H]2[C@@H]3C=C(C)C4=CC(=O)C=C[C@]4(C)[C@H]3CC[C@@]21C. The van der Waals surface area contributed by atoms with Gasteiger partial charge in [-0.15, -0.1) is 0 Å². The van der Waals surface area contributed by atoms with Gasteiger partial charge in [0.2, 0.25) is 0 Å². The molecule has 29 heavy (non-hydrogen) atoms. The summed E-state index contributed by atoms with van der Waals surface area (Å²) in [7, 11) is 0. The summed E-state index contributed by atoms with van der Waals surface area (Å²) in [4.78, 5) is 37.0. The number of ether oxygens (including phenoxy) is 1. The third-order valence-electron chi connectivity index (χ3n) is 8.80. The lowest BCUT2D eigenvalue weighted by Crippen LogP contribution is -2.59. The quantitative estimate of drug-likeness (QED) is 0.640. The van der Waals surface area contributed by atoms with Crippen LogP contribution in [0.4, 0.5) is 0 Å². The molecule has 0 radical (unpaired) electrons. The maximum atomic E-state index is 13.0. The first-order chi connectivity index (χ1) is 13.5. The van der Waals surface area contributed by atoms with E-state index < -0.39 is 5.60 Å². The lowest BCUT2D eigenvalue weighted by molar-refractivity contribution is -0.190. The minimum Gasteiger partial charge on any atom is -0.450 e. The predicted octanol–water partition coefficient (Wildman–Crippen LogP) is 4.60. The molecule has 0 bridgehead atoms. The van der Waals surface area contributed by atoms with Crippen LogP contribution in [0.3, 0.4) is 0 Å². The average molecular weight is 397 g/mol. The summed E-state index contributed by atoms with van der Waals surface area (Å²) >= 11 is 0. The maximum Gasteiger partial charge on any atom is 0.303 e. The van der Waals surface area contributed by atoms with E-state index in [1.54, 1.807) is 19.1 Å². The van der Waals surface area contributed by atoms with Crippen LogP contribution < -0.4 is 0 Å². The van der Waals surface area contributed by atoms with Gasteiger partial charge in [0.25, 0.3) is 0 Å². The lowest BCUT2D eigenvalue weighted by Gasteiger charge is -2.57. The first-order valence-corrected chi connectivity index (χ1v) is 10.8. The van der Waals surface area contributed by atoms with Crippen LogP contribution >= 0.6 is 0 Å². The highest BCUT2D eigenvalue weighted by molar-refractivity contribution is 6.02. The third kappa shape index (κ3) is 2.47. The van der Waals surface area contributed by atoms with Gasteiger partial charge in [-0.05, 0) is 68.6 Å². The van der Waals surface area contributed by atoms with Gasteiger partial charge < -0.3 is 4.74 Å². The molecule has 156 valence electrons. The van der Waals surface area contributed by atoms with E-state index in [1.165, 1.54) is 6.92 Å². The maximum absolute atomic E-state index is 13.0. The topological polar surface area (TPSA) is 60.4 Å². The second kappa shape index (κ2) is 6.26. The molecule has 4 aliphatic rings. The Hall–Kier alpha value is -1.97. The Morgan fingerprint density at radius 3 is 2.48 bits per heavy atom. The van der Waals surface area contributed by atoms with Crippen LogP contribution in [-0.2, 0) is 19.1 Å². The minimum absolute atomic E-state index is 0.0143. The zero-order chi connectivity index (χ0) is 21.4. The van der Waals surface area contributed by atoms with Gasteiger partial charge in [-0.3, -0.25) is 14.4 Å². The zero-order valence-corrected chi connectivity index (χ0v) is 18.4. The number of hydrogen-bond acceptors (Lipinski definition) is 4. The molecule has 4 nitrogen and oxygen atoms in total. The van der Waals surface area contributed by atoms with Gasteiger partial charge >= 0.3 is 5.97 Å². The first-order valence-electron chi connectivity index (χ1n) is 10.8. The van der Waals surface area contributed by atoms with E-state index in [9.17, 15) is 14.4 Å². The van der Waals surface area contributed by atoms with Crippen molar-refractivity contribution in [3.05, 3.63) is 35.5 Å². The summed E-state index contributed by atoms with van der Waals surface area (Å²) in [6.45, 7) is 11.6. The van der Waals surface area contributed by atoms with Crippen LogP contribution in [0.2, 0.25) is 0 Å². The lowest BCUT2D eigenvalue weighted by atomic mass is 9.48. The number of fused-ring (bicyclic) bond motifs is 5. The average Bonchev–Trinajstić information content (AvgIpc) is 2.85. The molecule has 0 aromatic rings. The van der Waals surface area contributed by atoms with Crippen LogP contribution in [-0.4, -0.2) is 23.1 Å². The Labute approximate surface area is 173 Å². The van der Waals surface area contributed by atoms with Gasteiger partial charge in [-0.1, -0.05) is 38.5 Å². The summed E-state index contributed by atoms with van der Waals surface area (Å²) in [6.07, 6.45) is 10.6. The zero-order valence-electron chi connectivity index (χ0n) is 18.4. The van der Waals surface area contributed by atoms with Crippen molar-refractivity contribution in [2.24, 2.45) is 34.5 Å². The fourth-order valence-electron chi connectivity index (χ4n) is 7.65. The van der Waals surface area contributed by atoms with Crippen molar-refractivity contribution in [1.29, 1.82) is 0 Å². The molecule has 2 fully saturated rings. The minimum atomic E-state index is -1.05. The number of carbonyl (C=O) groups excluding carboxylic acids is 3. The predicted molar refractivity (Wildman–Crippen MR) is 111 cm³/mol. The van der Waals surface area contributed by atoms with E-state index in [1.807, 2.05) is 0 Å². The molecule has 0 heterocycles. The molecule has 2 saturated carbocycles. The van der Waals surface area contributed by atoms with E-state index in [-0.39, 0.29) is 40.2 Å². The van der Waals surface area contributed by atoms with Crippen molar-refractivity contribution in [3.63, 3.8) is 0 Å². The van der Waals surface area contributed by atoms with E-state index >= 15 is 0 Å². The van der Waals surface area contributed by atoms with Gasteiger partial charge in [0.15, 0.2) is 17.2 Å². The summed E-state index contributed by atoms with van der Waals surface area (Å²) in [5, 5.41) is 0. The smallest absolute Gasteiger partial charge is 0.303 e. The summed E-state index contributed by atoms with van der Waals surface area (Å²) < 4.78 is 5.92. The fourth-order valence-corrected chi connectivity index (χ4v) is 7.65. The highest BCUT2D eigenvalue weighted by atomic mass is 16.6. The molecule has 0 aromatic heterocycles. The molecule has 0 aromatic carbocycles. The largest absolute Gasteiger partial charge is 0.450 e. The molecule has 4 aliphatic carbocycles. The van der Waals surface area contributed by atoms with Crippen molar-refractivity contribution >= 4 is 17.5 Å². The van der Waals surface area contributed by atoms with E-state index in [2.05, 4.69) is 39.8 Å². The molecular weight excluding hydrogens is 364 g/mol. The van der Waals surface area contributed by atoms with E-state index in [0.717, 1.165) is 30.4 Å². The number of rotatable bonds is 2. The van der Waals surface area contributed by atoms with Crippen molar-refractivity contribution in [2.45, 2.75) is 66.4 Å². The second-order valence-electron chi connectivity index (χ2n) is 10.2. The van der Waals surface area contributed by atoms with Crippen LogP contribution in [0.5, 0.6) is 0 Å². The molecule has 0 saturated heterocycles. The van der Waals surface area contributed by atoms with Crippen LogP contribution in [0.15, 0.2) is 35.5 Å². The van der Waals surface area contributed by atoms with Crippen molar-refractivity contribution < 1.29 is 19.1 Å². The highest BCUT2D eigenvalue weighted by Gasteiger charge is 2.70. The van der Waals surface area contributed by atoms with Crippen LogP contribution in [0, 0.1) is 34.5 Å². The Morgan fingerprint density at radius 2 is 1.86 bits per heavy atom. The summed E-state index contributed by atoms with van der Waals surface area (Å²) in [5.74, 6) is 0.579. The van der Waals surface area contributed by atoms with Gasteiger partial charge in [-0.25, -0.2) is 0 Å².